The van der Waals surface area contributed by atoms with E-state index in [4.69, 9.17) is 0 Å². The standard InChI is InChI=1S/C14H21N/c1-12-5-3-8-14(12,2)9-7-13-6-4-10-15-11-13/h4,6,10-12H,3,5,7-9H2,1-2H3/t12-,14+/m0/s1. The highest BCUT2D eigenvalue weighted by atomic mass is 14.6. The fraction of sp³-hybridized carbons (Fsp3) is 0.643. The van der Waals surface area contributed by atoms with E-state index in [1.54, 1.807) is 0 Å². The molecule has 1 heteroatoms. The van der Waals surface area contributed by atoms with Gasteiger partial charge < -0.3 is 0 Å². The first kappa shape index (κ1) is 10.7. The Morgan fingerprint density at radius 3 is 3.00 bits per heavy atom. The van der Waals surface area contributed by atoms with Crippen LogP contribution in [0.3, 0.4) is 0 Å². The van der Waals surface area contributed by atoms with Crippen LogP contribution >= 0.6 is 0 Å². The van der Waals surface area contributed by atoms with Gasteiger partial charge in [0, 0.05) is 12.4 Å². The average molecular weight is 203 g/mol. The molecule has 1 aliphatic carbocycles. The summed E-state index contributed by atoms with van der Waals surface area (Å²) in [5, 5.41) is 0. The number of hydrogen-bond acceptors (Lipinski definition) is 1. The fourth-order valence-corrected chi connectivity index (χ4v) is 2.75. The molecule has 1 nitrogen and oxygen atoms in total. The van der Waals surface area contributed by atoms with Crippen LogP contribution in [0, 0.1) is 11.3 Å². The molecular weight excluding hydrogens is 182 g/mol. The topological polar surface area (TPSA) is 12.9 Å². The minimum atomic E-state index is 0.579. The lowest BCUT2D eigenvalue weighted by Gasteiger charge is -2.29. The molecular formula is C14H21N. The Bertz CT molecular complexity index is 306. The molecule has 1 aromatic rings. The van der Waals surface area contributed by atoms with Crippen molar-refractivity contribution in [3.05, 3.63) is 30.1 Å². The Labute approximate surface area is 92.9 Å². The molecule has 0 aromatic carbocycles. The largest absolute Gasteiger partial charge is 0.264 e. The predicted molar refractivity (Wildman–Crippen MR) is 63.7 cm³/mol. The van der Waals surface area contributed by atoms with E-state index in [9.17, 15) is 0 Å². The molecule has 0 spiro atoms. The Kier molecular flexibility index (Phi) is 3.08. The highest BCUT2D eigenvalue weighted by molar-refractivity contribution is 5.09. The normalized spacial score (nSPS) is 30.7. The maximum atomic E-state index is 4.17. The summed E-state index contributed by atoms with van der Waals surface area (Å²) in [6.45, 7) is 4.87. The zero-order valence-corrected chi connectivity index (χ0v) is 9.87. The lowest BCUT2D eigenvalue weighted by molar-refractivity contribution is 0.226. The van der Waals surface area contributed by atoms with Gasteiger partial charge in [0.2, 0.25) is 0 Å². The van der Waals surface area contributed by atoms with E-state index in [1.807, 2.05) is 18.5 Å². The van der Waals surface area contributed by atoms with Crippen molar-refractivity contribution in [1.82, 2.24) is 4.98 Å². The predicted octanol–water partition coefficient (Wildman–Crippen LogP) is 3.84. The van der Waals surface area contributed by atoms with Crippen molar-refractivity contribution < 1.29 is 0 Å². The van der Waals surface area contributed by atoms with Gasteiger partial charge in [-0.25, -0.2) is 0 Å². The van der Waals surface area contributed by atoms with Gasteiger partial charge in [-0.05, 0) is 42.2 Å². The smallest absolute Gasteiger partial charge is 0.0299 e. The first-order valence-electron chi connectivity index (χ1n) is 6.10. The molecule has 0 N–H and O–H groups in total. The average Bonchev–Trinajstić information content (AvgIpc) is 2.59. The van der Waals surface area contributed by atoms with Crippen molar-refractivity contribution in [3.63, 3.8) is 0 Å². The summed E-state index contributed by atoms with van der Waals surface area (Å²) in [4.78, 5) is 4.17. The highest BCUT2D eigenvalue weighted by Gasteiger charge is 2.34. The van der Waals surface area contributed by atoms with Gasteiger partial charge in [0.25, 0.3) is 0 Å². The molecule has 0 saturated heterocycles. The summed E-state index contributed by atoms with van der Waals surface area (Å²) in [7, 11) is 0. The number of rotatable bonds is 3. The van der Waals surface area contributed by atoms with Gasteiger partial charge in [0.15, 0.2) is 0 Å². The number of pyridine rings is 1. The second-order valence-corrected chi connectivity index (χ2v) is 5.31. The van der Waals surface area contributed by atoms with Gasteiger partial charge in [-0.15, -0.1) is 0 Å². The molecule has 2 rings (SSSR count). The molecule has 0 unspecified atom stereocenters. The van der Waals surface area contributed by atoms with E-state index in [0.29, 0.717) is 5.41 Å². The van der Waals surface area contributed by atoms with E-state index in [-0.39, 0.29) is 0 Å². The molecule has 0 bridgehead atoms. The first-order valence-corrected chi connectivity index (χ1v) is 6.10. The molecule has 1 heterocycles. The number of nitrogens with zero attached hydrogens (tertiary/aromatic N) is 1. The zero-order valence-electron chi connectivity index (χ0n) is 9.87. The van der Waals surface area contributed by atoms with Crippen LogP contribution in [0.25, 0.3) is 0 Å². The van der Waals surface area contributed by atoms with Crippen molar-refractivity contribution in [3.8, 4) is 0 Å². The summed E-state index contributed by atoms with van der Waals surface area (Å²) in [5.74, 6) is 0.897. The van der Waals surface area contributed by atoms with Gasteiger partial charge in [-0.2, -0.15) is 0 Å². The number of hydrogen-bond donors (Lipinski definition) is 0. The Balaban J connectivity index is 1.93. The van der Waals surface area contributed by atoms with Crippen molar-refractivity contribution in [2.45, 2.75) is 46.0 Å². The third kappa shape index (κ3) is 2.39. The summed E-state index contributed by atoms with van der Waals surface area (Å²) in [6.07, 6.45) is 10.6. The molecule has 82 valence electrons. The molecule has 1 aromatic heterocycles. The van der Waals surface area contributed by atoms with Gasteiger partial charge in [0.1, 0.15) is 0 Å². The van der Waals surface area contributed by atoms with Crippen LogP contribution < -0.4 is 0 Å². The maximum Gasteiger partial charge on any atom is 0.0299 e. The van der Waals surface area contributed by atoms with Gasteiger partial charge in [-0.3, -0.25) is 4.98 Å². The van der Waals surface area contributed by atoms with E-state index in [2.05, 4.69) is 24.9 Å². The minimum absolute atomic E-state index is 0.579. The van der Waals surface area contributed by atoms with Crippen LogP contribution in [0.1, 0.15) is 45.1 Å². The molecule has 15 heavy (non-hydrogen) atoms. The quantitative estimate of drug-likeness (QED) is 0.727. The van der Waals surface area contributed by atoms with E-state index in [0.717, 1.165) is 5.92 Å². The van der Waals surface area contributed by atoms with Crippen LogP contribution in [0.5, 0.6) is 0 Å². The Hall–Kier alpha value is -0.850. The molecule has 0 radical (unpaired) electrons. The molecule has 2 atom stereocenters. The summed E-state index contributed by atoms with van der Waals surface area (Å²) >= 11 is 0. The molecule has 0 aliphatic heterocycles. The second-order valence-electron chi connectivity index (χ2n) is 5.31. The van der Waals surface area contributed by atoms with Gasteiger partial charge in [-0.1, -0.05) is 32.8 Å². The minimum Gasteiger partial charge on any atom is -0.264 e. The van der Waals surface area contributed by atoms with Crippen molar-refractivity contribution in [2.75, 3.05) is 0 Å². The molecule has 1 fully saturated rings. The zero-order chi connectivity index (χ0) is 10.7. The fourth-order valence-electron chi connectivity index (χ4n) is 2.75. The van der Waals surface area contributed by atoms with Gasteiger partial charge >= 0.3 is 0 Å². The van der Waals surface area contributed by atoms with Crippen molar-refractivity contribution >= 4 is 0 Å². The second kappa shape index (κ2) is 4.34. The van der Waals surface area contributed by atoms with Gasteiger partial charge in [0.05, 0.1) is 0 Å². The van der Waals surface area contributed by atoms with Crippen LogP contribution in [0.15, 0.2) is 24.5 Å². The van der Waals surface area contributed by atoms with E-state index >= 15 is 0 Å². The first-order chi connectivity index (χ1) is 7.21. The van der Waals surface area contributed by atoms with Crippen LogP contribution in [0.2, 0.25) is 0 Å². The Morgan fingerprint density at radius 2 is 2.40 bits per heavy atom. The molecule has 1 saturated carbocycles. The van der Waals surface area contributed by atoms with Crippen molar-refractivity contribution in [1.29, 1.82) is 0 Å². The lowest BCUT2D eigenvalue weighted by atomic mass is 9.76. The highest BCUT2D eigenvalue weighted by Crippen LogP contribution is 2.45. The summed E-state index contributed by atoms with van der Waals surface area (Å²) < 4.78 is 0. The van der Waals surface area contributed by atoms with Crippen LogP contribution in [-0.4, -0.2) is 4.98 Å². The van der Waals surface area contributed by atoms with Crippen LogP contribution in [-0.2, 0) is 6.42 Å². The van der Waals surface area contributed by atoms with Crippen LogP contribution in [0.4, 0.5) is 0 Å². The SMILES string of the molecule is C[C@H]1CCC[C@]1(C)CCc1cccnc1. The maximum absolute atomic E-state index is 4.17. The summed E-state index contributed by atoms with van der Waals surface area (Å²) in [6, 6.07) is 4.23. The Morgan fingerprint density at radius 1 is 1.53 bits per heavy atom. The van der Waals surface area contributed by atoms with E-state index < -0.39 is 0 Å². The summed E-state index contributed by atoms with van der Waals surface area (Å²) in [5.41, 5.74) is 1.97. The third-order valence-corrected chi connectivity index (χ3v) is 4.28. The third-order valence-electron chi connectivity index (χ3n) is 4.28. The molecule has 0 amide bonds. The monoisotopic (exact) mass is 203 g/mol. The molecule has 1 aliphatic rings. The van der Waals surface area contributed by atoms with E-state index in [1.165, 1.54) is 37.7 Å². The lowest BCUT2D eigenvalue weighted by Crippen LogP contribution is -2.20. The van der Waals surface area contributed by atoms with Crippen molar-refractivity contribution in [2.24, 2.45) is 11.3 Å². The number of aromatic nitrogens is 1. The number of aryl methyl sites for hydroxylation is 1.